The molecule has 0 radical (unpaired) electrons. The molecule has 1 aromatic heterocycles. The molecule has 0 atom stereocenters. The molecule has 0 saturated carbocycles. The molecule has 21 heavy (non-hydrogen) atoms. The van der Waals surface area contributed by atoms with Crippen LogP contribution in [0.3, 0.4) is 0 Å². The lowest BCUT2D eigenvalue weighted by Crippen LogP contribution is -2.03. The Morgan fingerprint density at radius 2 is 1.95 bits per heavy atom. The van der Waals surface area contributed by atoms with Crippen LogP contribution in [0.5, 0.6) is 5.75 Å². The van der Waals surface area contributed by atoms with Crippen molar-refractivity contribution >= 4 is 27.0 Å². The Morgan fingerprint density at radius 3 is 2.62 bits per heavy atom. The van der Waals surface area contributed by atoms with Gasteiger partial charge in [0.15, 0.2) is 0 Å². The van der Waals surface area contributed by atoms with Crippen molar-refractivity contribution < 1.29 is 9.50 Å². The van der Waals surface area contributed by atoms with E-state index in [2.05, 4.69) is 20.9 Å². The van der Waals surface area contributed by atoms with Crippen molar-refractivity contribution in [2.75, 3.05) is 0 Å². The highest BCUT2D eigenvalue weighted by molar-refractivity contribution is 9.10. The van der Waals surface area contributed by atoms with E-state index in [1.54, 1.807) is 18.2 Å². The Bertz CT molecular complexity index is 827. The van der Waals surface area contributed by atoms with Crippen molar-refractivity contribution in [1.82, 2.24) is 9.55 Å². The molecule has 0 aliphatic heterocycles. The first kappa shape index (κ1) is 14.1. The van der Waals surface area contributed by atoms with Crippen molar-refractivity contribution in [3.05, 3.63) is 46.7 Å². The summed E-state index contributed by atoms with van der Waals surface area (Å²) in [5.74, 6) is 0.480. The molecule has 108 valence electrons. The average molecular weight is 349 g/mol. The minimum Gasteiger partial charge on any atom is -0.507 e. The molecule has 3 aromatic rings. The molecule has 1 heterocycles. The van der Waals surface area contributed by atoms with Crippen LogP contribution in [-0.2, 0) is 0 Å². The molecule has 0 aliphatic carbocycles. The third-order valence-corrected chi connectivity index (χ3v) is 3.86. The van der Waals surface area contributed by atoms with Crippen LogP contribution in [-0.4, -0.2) is 14.7 Å². The lowest BCUT2D eigenvalue weighted by Gasteiger charge is -2.14. The zero-order valence-corrected chi connectivity index (χ0v) is 13.2. The fraction of sp³-hybridized carbons (Fsp3) is 0.188. The van der Waals surface area contributed by atoms with E-state index < -0.39 is 0 Å². The van der Waals surface area contributed by atoms with Gasteiger partial charge in [-0.2, -0.15) is 0 Å². The second-order valence-corrected chi connectivity index (χ2v) is 6.11. The summed E-state index contributed by atoms with van der Waals surface area (Å²) >= 11 is 3.32. The highest BCUT2D eigenvalue weighted by atomic mass is 79.9. The summed E-state index contributed by atoms with van der Waals surface area (Å²) in [6.07, 6.45) is 0. The first-order valence-electron chi connectivity index (χ1n) is 6.63. The molecule has 0 aliphatic rings. The monoisotopic (exact) mass is 348 g/mol. The summed E-state index contributed by atoms with van der Waals surface area (Å²) < 4.78 is 16.3. The SMILES string of the molecule is CC(C)n1c(-c2ccc(Br)cc2O)nc2ccc(F)cc21. The minimum absolute atomic E-state index is 0.0925. The van der Waals surface area contributed by atoms with E-state index >= 15 is 0 Å². The van der Waals surface area contributed by atoms with Gasteiger partial charge in [0.05, 0.1) is 16.6 Å². The second kappa shape index (κ2) is 5.15. The second-order valence-electron chi connectivity index (χ2n) is 5.19. The first-order chi connectivity index (χ1) is 9.97. The van der Waals surface area contributed by atoms with Gasteiger partial charge < -0.3 is 9.67 Å². The predicted octanol–water partition coefficient (Wildman–Crippen LogP) is 4.89. The number of phenolic OH excluding ortho intramolecular Hbond substituents is 1. The lowest BCUT2D eigenvalue weighted by molar-refractivity contribution is 0.475. The average Bonchev–Trinajstić information content (AvgIpc) is 2.76. The van der Waals surface area contributed by atoms with Gasteiger partial charge in [-0.05, 0) is 50.2 Å². The maximum absolute atomic E-state index is 13.5. The van der Waals surface area contributed by atoms with E-state index in [1.165, 1.54) is 12.1 Å². The van der Waals surface area contributed by atoms with Gasteiger partial charge in [0, 0.05) is 10.5 Å². The number of imidazole rings is 1. The van der Waals surface area contributed by atoms with Gasteiger partial charge in [0.1, 0.15) is 17.4 Å². The topological polar surface area (TPSA) is 38.0 Å². The summed E-state index contributed by atoms with van der Waals surface area (Å²) in [7, 11) is 0. The highest BCUT2D eigenvalue weighted by Crippen LogP contribution is 2.35. The zero-order chi connectivity index (χ0) is 15.1. The molecular weight excluding hydrogens is 335 g/mol. The number of aromatic hydroxyl groups is 1. The van der Waals surface area contributed by atoms with Gasteiger partial charge >= 0.3 is 0 Å². The van der Waals surface area contributed by atoms with Crippen LogP contribution in [0.4, 0.5) is 4.39 Å². The standard InChI is InChI=1S/C16H14BrFN2O/c1-9(2)20-14-8-11(18)4-6-13(14)19-16(20)12-5-3-10(17)7-15(12)21/h3-9,21H,1-2H3. The quantitative estimate of drug-likeness (QED) is 0.715. The Kier molecular flexibility index (Phi) is 3.45. The molecule has 0 saturated heterocycles. The van der Waals surface area contributed by atoms with E-state index in [1.807, 2.05) is 24.5 Å². The molecule has 0 spiro atoms. The number of fused-ring (bicyclic) bond motifs is 1. The van der Waals surface area contributed by atoms with Crippen LogP contribution < -0.4 is 0 Å². The molecule has 1 N–H and O–H groups in total. The molecular formula is C16H14BrFN2O. The number of phenols is 1. The van der Waals surface area contributed by atoms with Crippen molar-refractivity contribution in [3.63, 3.8) is 0 Å². The summed E-state index contributed by atoms with van der Waals surface area (Å²) in [4.78, 5) is 4.56. The van der Waals surface area contributed by atoms with Crippen molar-refractivity contribution in [2.24, 2.45) is 0 Å². The molecule has 2 aromatic carbocycles. The van der Waals surface area contributed by atoms with Crippen LogP contribution in [0, 0.1) is 5.82 Å². The van der Waals surface area contributed by atoms with Crippen molar-refractivity contribution in [3.8, 4) is 17.1 Å². The molecule has 3 nitrogen and oxygen atoms in total. The maximum atomic E-state index is 13.5. The molecule has 0 bridgehead atoms. The third kappa shape index (κ3) is 2.42. The Labute approximate surface area is 130 Å². The Hall–Kier alpha value is -1.88. The van der Waals surface area contributed by atoms with Gasteiger partial charge in [-0.1, -0.05) is 15.9 Å². The van der Waals surface area contributed by atoms with E-state index in [0.29, 0.717) is 16.9 Å². The number of hydrogen-bond acceptors (Lipinski definition) is 2. The van der Waals surface area contributed by atoms with Gasteiger partial charge in [0.25, 0.3) is 0 Å². The molecule has 5 heteroatoms. The van der Waals surface area contributed by atoms with Crippen LogP contribution >= 0.6 is 15.9 Å². The van der Waals surface area contributed by atoms with Crippen molar-refractivity contribution in [2.45, 2.75) is 19.9 Å². The fourth-order valence-corrected chi connectivity index (χ4v) is 2.82. The summed E-state index contributed by atoms with van der Waals surface area (Å²) in [5.41, 5.74) is 2.06. The van der Waals surface area contributed by atoms with Crippen LogP contribution in [0.15, 0.2) is 40.9 Å². The van der Waals surface area contributed by atoms with Crippen LogP contribution in [0.2, 0.25) is 0 Å². The summed E-state index contributed by atoms with van der Waals surface area (Å²) in [6, 6.07) is 9.89. The minimum atomic E-state index is -0.295. The maximum Gasteiger partial charge on any atom is 0.145 e. The first-order valence-corrected chi connectivity index (χ1v) is 7.43. The van der Waals surface area contributed by atoms with Crippen LogP contribution in [0.1, 0.15) is 19.9 Å². The van der Waals surface area contributed by atoms with Gasteiger partial charge in [-0.3, -0.25) is 0 Å². The number of nitrogens with zero attached hydrogens (tertiary/aromatic N) is 2. The number of aromatic nitrogens is 2. The largest absolute Gasteiger partial charge is 0.507 e. The Morgan fingerprint density at radius 1 is 1.19 bits per heavy atom. The summed E-state index contributed by atoms with van der Waals surface area (Å²) in [6.45, 7) is 4.01. The molecule has 0 fully saturated rings. The smallest absolute Gasteiger partial charge is 0.145 e. The highest BCUT2D eigenvalue weighted by Gasteiger charge is 2.18. The van der Waals surface area contributed by atoms with Gasteiger partial charge in [-0.25, -0.2) is 9.37 Å². The Balaban J connectivity index is 2.34. The van der Waals surface area contributed by atoms with E-state index in [-0.39, 0.29) is 17.6 Å². The fourth-order valence-electron chi connectivity index (χ4n) is 2.47. The number of halogens is 2. The zero-order valence-electron chi connectivity index (χ0n) is 11.6. The van der Waals surface area contributed by atoms with Gasteiger partial charge in [-0.15, -0.1) is 0 Å². The van der Waals surface area contributed by atoms with Gasteiger partial charge in [0.2, 0.25) is 0 Å². The normalized spacial score (nSPS) is 11.5. The predicted molar refractivity (Wildman–Crippen MR) is 84.9 cm³/mol. The third-order valence-electron chi connectivity index (χ3n) is 3.37. The van der Waals surface area contributed by atoms with E-state index in [9.17, 15) is 9.50 Å². The number of benzene rings is 2. The molecule has 0 amide bonds. The molecule has 0 unspecified atom stereocenters. The number of hydrogen-bond donors (Lipinski definition) is 1. The summed E-state index contributed by atoms with van der Waals surface area (Å²) in [5, 5.41) is 10.2. The van der Waals surface area contributed by atoms with E-state index in [4.69, 9.17) is 0 Å². The lowest BCUT2D eigenvalue weighted by atomic mass is 10.2. The number of rotatable bonds is 2. The van der Waals surface area contributed by atoms with E-state index in [0.717, 1.165) is 9.99 Å². The van der Waals surface area contributed by atoms with Crippen molar-refractivity contribution in [1.29, 1.82) is 0 Å². The molecule has 3 rings (SSSR count). The van der Waals surface area contributed by atoms with Crippen LogP contribution in [0.25, 0.3) is 22.4 Å².